The van der Waals surface area contributed by atoms with E-state index in [9.17, 15) is 0 Å². The molecule has 2 aromatic rings. The zero-order valence-corrected chi connectivity index (χ0v) is 15.0. The minimum atomic E-state index is 0.293. The van der Waals surface area contributed by atoms with Crippen LogP contribution in [0.3, 0.4) is 0 Å². The number of imidazole rings is 1. The molecule has 8 heteroatoms. The van der Waals surface area contributed by atoms with E-state index >= 15 is 0 Å². The molecule has 0 spiro atoms. The normalized spacial score (nSPS) is 17.3. The molecule has 0 amide bonds. The first-order valence-electron chi connectivity index (χ1n) is 9.05. The number of methoxy groups -OCH3 is 1. The zero-order chi connectivity index (χ0) is 17.6. The van der Waals surface area contributed by atoms with Gasteiger partial charge in [0.15, 0.2) is 17.0 Å². The molecule has 1 fully saturated rings. The Morgan fingerprint density at radius 2 is 2.16 bits per heavy atom. The SMILES string of the molecule is CCCCOc1nc(N)c2nc(OC)n(CCCC3CCCO3)c2n1. The van der Waals surface area contributed by atoms with Crippen molar-refractivity contribution in [3.05, 3.63) is 0 Å². The Morgan fingerprint density at radius 1 is 1.28 bits per heavy atom. The molecule has 0 radical (unpaired) electrons. The third-order valence-electron chi connectivity index (χ3n) is 4.41. The molecule has 25 heavy (non-hydrogen) atoms. The Morgan fingerprint density at radius 3 is 2.88 bits per heavy atom. The van der Waals surface area contributed by atoms with Gasteiger partial charge in [-0.05, 0) is 32.1 Å². The van der Waals surface area contributed by atoms with Crippen LogP contribution in [0.2, 0.25) is 0 Å². The van der Waals surface area contributed by atoms with Crippen LogP contribution in [0.15, 0.2) is 0 Å². The van der Waals surface area contributed by atoms with Gasteiger partial charge in [0, 0.05) is 13.2 Å². The first-order valence-corrected chi connectivity index (χ1v) is 9.05. The van der Waals surface area contributed by atoms with Crippen molar-refractivity contribution in [2.45, 2.75) is 58.1 Å². The van der Waals surface area contributed by atoms with Crippen molar-refractivity contribution >= 4 is 17.0 Å². The highest BCUT2D eigenvalue weighted by Gasteiger charge is 2.19. The van der Waals surface area contributed by atoms with Gasteiger partial charge in [-0.3, -0.25) is 4.57 Å². The number of aromatic nitrogens is 4. The lowest BCUT2D eigenvalue weighted by atomic mass is 10.1. The van der Waals surface area contributed by atoms with E-state index in [4.69, 9.17) is 19.9 Å². The van der Waals surface area contributed by atoms with Gasteiger partial charge in [-0.1, -0.05) is 13.3 Å². The number of aryl methyl sites for hydroxylation is 1. The summed E-state index contributed by atoms with van der Waals surface area (Å²) in [7, 11) is 1.60. The van der Waals surface area contributed by atoms with Crippen LogP contribution in [0, 0.1) is 0 Å². The Hall–Kier alpha value is -2.09. The maximum atomic E-state index is 6.04. The van der Waals surface area contributed by atoms with Crippen molar-refractivity contribution in [3.63, 3.8) is 0 Å². The van der Waals surface area contributed by atoms with Crippen LogP contribution in [0.5, 0.6) is 12.0 Å². The summed E-state index contributed by atoms with van der Waals surface area (Å²) in [5, 5.41) is 0. The van der Waals surface area contributed by atoms with Crippen LogP contribution in [0.1, 0.15) is 45.4 Å². The minimum absolute atomic E-state index is 0.293. The zero-order valence-electron chi connectivity index (χ0n) is 15.0. The van der Waals surface area contributed by atoms with Crippen LogP contribution in [0.25, 0.3) is 11.2 Å². The number of fused-ring (bicyclic) bond motifs is 1. The van der Waals surface area contributed by atoms with Gasteiger partial charge in [0.2, 0.25) is 0 Å². The lowest BCUT2D eigenvalue weighted by Crippen LogP contribution is -2.09. The van der Waals surface area contributed by atoms with Gasteiger partial charge in [0.25, 0.3) is 6.01 Å². The van der Waals surface area contributed by atoms with Crippen molar-refractivity contribution in [1.82, 2.24) is 19.5 Å². The fraction of sp³-hybridized carbons (Fsp3) is 0.706. The van der Waals surface area contributed by atoms with E-state index in [0.717, 1.165) is 51.7 Å². The molecule has 1 atom stereocenters. The second kappa shape index (κ2) is 8.33. The van der Waals surface area contributed by atoms with Gasteiger partial charge in [-0.2, -0.15) is 15.0 Å². The number of hydrogen-bond donors (Lipinski definition) is 1. The Balaban J connectivity index is 1.78. The molecule has 1 aliphatic rings. The van der Waals surface area contributed by atoms with Gasteiger partial charge in [-0.15, -0.1) is 0 Å². The molecule has 0 aromatic carbocycles. The van der Waals surface area contributed by atoms with Crippen molar-refractivity contribution in [1.29, 1.82) is 0 Å². The maximum Gasteiger partial charge on any atom is 0.320 e. The number of anilines is 1. The van der Waals surface area contributed by atoms with Crippen molar-refractivity contribution in [2.75, 3.05) is 26.1 Å². The highest BCUT2D eigenvalue weighted by Crippen LogP contribution is 2.26. The molecule has 3 rings (SSSR count). The molecule has 0 saturated carbocycles. The smallest absolute Gasteiger partial charge is 0.320 e. The largest absolute Gasteiger partial charge is 0.468 e. The second-order valence-electron chi connectivity index (χ2n) is 6.29. The summed E-state index contributed by atoms with van der Waals surface area (Å²) in [4.78, 5) is 13.1. The number of unbranched alkanes of at least 4 members (excludes halogenated alkanes) is 1. The third-order valence-corrected chi connectivity index (χ3v) is 4.41. The number of nitrogens with zero attached hydrogens (tertiary/aromatic N) is 4. The summed E-state index contributed by atoms with van der Waals surface area (Å²) >= 11 is 0. The second-order valence-corrected chi connectivity index (χ2v) is 6.29. The predicted molar refractivity (Wildman–Crippen MR) is 94.9 cm³/mol. The molecule has 1 unspecified atom stereocenters. The summed E-state index contributed by atoms with van der Waals surface area (Å²) < 4.78 is 18.6. The first kappa shape index (κ1) is 17.7. The van der Waals surface area contributed by atoms with Crippen molar-refractivity contribution in [3.8, 4) is 12.0 Å². The topological polar surface area (TPSA) is 97.3 Å². The Kier molecular flexibility index (Phi) is 5.91. The molecule has 1 aliphatic heterocycles. The summed E-state index contributed by atoms with van der Waals surface area (Å²) in [6.07, 6.45) is 6.65. The van der Waals surface area contributed by atoms with Gasteiger partial charge in [0.05, 0.1) is 19.8 Å². The monoisotopic (exact) mass is 349 g/mol. The quantitative estimate of drug-likeness (QED) is 0.695. The van der Waals surface area contributed by atoms with Gasteiger partial charge in [0.1, 0.15) is 0 Å². The van der Waals surface area contributed by atoms with Crippen LogP contribution < -0.4 is 15.2 Å². The minimum Gasteiger partial charge on any atom is -0.468 e. The molecule has 0 bridgehead atoms. The standard InChI is InChI=1S/C17H27N5O3/c1-3-4-10-25-16-20-14(18)13-15(21-16)22(17(19-13)23-2)9-5-7-12-8-6-11-24-12/h12H,3-11H2,1-2H3,(H2,18,20,21). The van der Waals surface area contributed by atoms with Crippen LogP contribution in [-0.2, 0) is 11.3 Å². The van der Waals surface area contributed by atoms with E-state index in [0.29, 0.717) is 41.7 Å². The molecule has 2 aromatic heterocycles. The van der Waals surface area contributed by atoms with Crippen molar-refractivity contribution < 1.29 is 14.2 Å². The summed E-state index contributed by atoms with van der Waals surface area (Å²) in [6.45, 7) is 4.30. The summed E-state index contributed by atoms with van der Waals surface area (Å²) in [5.74, 6) is 0.313. The Labute approximate surface area is 147 Å². The van der Waals surface area contributed by atoms with E-state index < -0.39 is 0 Å². The highest BCUT2D eigenvalue weighted by atomic mass is 16.5. The number of nitrogen functional groups attached to an aromatic ring is 1. The van der Waals surface area contributed by atoms with E-state index in [2.05, 4.69) is 21.9 Å². The van der Waals surface area contributed by atoms with Crippen LogP contribution in [0.4, 0.5) is 5.82 Å². The molecule has 3 heterocycles. The maximum absolute atomic E-state index is 6.04. The Bertz CT molecular complexity index is 697. The average molecular weight is 349 g/mol. The highest BCUT2D eigenvalue weighted by molar-refractivity contribution is 5.83. The number of hydrogen-bond acceptors (Lipinski definition) is 7. The van der Waals surface area contributed by atoms with E-state index in [1.54, 1.807) is 7.11 Å². The van der Waals surface area contributed by atoms with E-state index in [1.165, 1.54) is 0 Å². The molecule has 8 nitrogen and oxygen atoms in total. The first-order chi connectivity index (χ1) is 12.2. The molecular weight excluding hydrogens is 322 g/mol. The fourth-order valence-corrected chi connectivity index (χ4v) is 3.06. The molecule has 2 N–H and O–H groups in total. The summed E-state index contributed by atoms with van der Waals surface area (Å²) in [5.41, 5.74) is 7.25. The molecule has 138 valence electrons. The van der Waals surface area contributed by atoms with Gasteiger partial charge < -0.3 is 19.9 Å². The molecule has 1 saturated heterocycles. The van der Waals surface area contributed by atoms with Gasteiger partial charge in [-0.25, -0.2) is 0 Å². The lowest BCUT2D eigenvalue weighted by Gasteiger charge is -2.11. The number of rotatable bonds is 9. The van der Waals surface area contributed by atoms with E-state index in [1.807, 2.05) is 4.57 Å². The predicted octanol–water partition coefficient (Wildman–Crippen LogP) is 2.56. The lowest BCUT2D eigenvalue weighted by molar-refractivity contribution is 0.101. The summed E-state index contributed by atoms with van der Waals surface area (Å²) in [6, 6.07) is 0.787. The number of nitrogens with two attached hydrogens (primary N) is 1. The van der Waals surface area contributed by atoms with Gasteiger partial charge >= 0.3 is 6.01 Å². The van der Waals surface area contributed by atoms with Crippen molar-refractivity contribution in [2.24, 2.45) is 0 Å². The average Bonchev–Trinajstić information content (AvgIpc) is 3.24. The molecular formula is C17H27N5O3. The van der Waals surface area contributed by atoms with Crippen LogP contribution in [-0.4, -0.2) is 45.9 Å². The fourth-order valence-electron chi connectivity index (χ4n) is 3.06. The number of ether oxygens (including phenoxy) is 3. The van der Waals surface area contributed by atoms with Crippen LogP contribution >= 0.6 is 0 Å². The molecule has 0 aliphatic carbocycles. The third kappa shape index (κ3) is 4.12. The van der Waals surface area contributed by atoms with E-state index in [-0.39, 0.29) is 0 Å².